The van der Waals surface area contributed by atoms with Crippen LogP contribution in [0.5, 0.6) is 0 Å². The number of carbonyl (C=O) groups is 1. The molecule has 1 saturated carbocycles. The molecule has 33 heavy (non-hydrogen) atoms. The van der Waals surface area contributed by atoms with Gasteiger partial charge in [0.25, 0.3) is 11.5 Å². The van der Waals surface area contributed by atoms with E-state index in [-0.39, 0.29) is 25.1 Å². The fourth-order valence-corrected chi connectivity index (χ4v) is 4.76. The molecule has 1 aromatic heterocycles. The average molecular weight is 475 g/mol. The Balaban J connectivity index is 1.68. The number of aromatic nitrogens is 1. The van der Waals surface area contributed by atoms with Crippen LogP contribution < -0.4 is 11.0 Å². The zero-order valence-corrected chi connectivity index (χ0v) is 19.6. The first-order chi connectivity index (χ1) is 15.6. The van der Waals surface area contributed by atoms with Crippen LogP contribution in [-0.2, 0) is 21.2 Å². The molecule has 2 aromatic rings. The fraction of sp³-hybridized carbons (Fsp3) is 0.417. The summed E-state index contributed by atoms with van der Waals surface area (Å²) in [4.78, 5) is 24.5. The van der Waals surface area contributed by atoms with Crippen LogP contribution in [0.15, 0.2) is 53.5 Å². The largest absolute Gasteiger partial charge is 0.396 e. The van der Waals surface area contributed by atoms with E-state index in [1.807, 2.05) is 24.3 Å². The van der Waals surface area contributed by atoms with E-state index in [2.05, 4.69) is 12.2 Å². The smallest absolute Gasteiger partial charge is 0.264 e. The summed E-state index contributed by atoms with van der Waals surface area (Å²) in [5.74, 6) is -0.0899. The molecule has 1 amide bonds. The number of aliphatic hydroxyl groups excluding tert-OH is 1. The van der Waals surface area contributed by atoms with Crippen LogP contribution in [0.3, 0.4) is 0 Å². The van der Waals surface area contributed by atoms with Gasteiger partial charge in [-0.25, -0.2) is 13.9 Å². The Labute approximate surface area is 193 Å². The summed E-state index contributed by atoms with van der Waals surface area (Å²) in [6.07, 6.45) is 8.61. The lowest BCUT2D eigenvalue weighted by Gasteiger charge is -2.31. The fourth-order valence-electron chi connectivity index (χ4n) is 3.92. The van der Waals surface area contributed by atoms with Crippen LogP contribution in [0.2, 0.25) is 0 Å². The maximum atomic E-state index is 12.6. The maximum Gasteiger partial charge on any atom is 0.264 e. The zero-order chi connectivity index (χ0) is 24.2. The van der Waals surface area contributed by atoms with E-state index in [9.17, 15) is 18.0 Å². The van der Waals surface area contributed by atoms with Crippen LogP contribution in [-0.4, -0.2) is 46.8 Å². The third kappa shape index (κ3) is 5.61. The van der Waals surface area contributed by atoms with Gasteiger partial charge in [-0.1, -0.05) is 36.4 Å². The van der Waals surface area contributed by atoms with E-state index in [0.717, 1.165) is 35.8 Å². The van der Waals surface area contributed by atoms with Gasteiger partial charge in [-0.3, -0.25) is 14.8 Å². The molecule has 0 radical (unpaired) electrons. The molecule has 1 unspecified atom stereocenters. The molecule has 3 N–H and O–H groups in total. The van der Waals surface area contributed by atoms with Crippen molar-refractivity contribution >= 4 is 21.8 Å². The van der Waals surface area contributed by atoms with Gasteiger partial charge in [0.05, 0.1) is 0 Å². The number of carbonyl (C=O) groups excluding carboxylic acids is 1. The number of hydroxylamine groups is 1. The zero-order valence-electron chi connectivity index (χ0n) is 18.8. The number of benzene rings is 1. The standard InChI is InChI=1S/C24H30N2O6S/c1-24(23(29)25-30,33(2,31)32)10-12-26-11-9-21(15-22(26)28)20-7-5-17(6-8-20)3-4-18-13-19(14-18)16-27/h3-9,11,15,18-19,27,30H,10,12-14,16H2,1-2H3,(H,25,29)/b4-3+. The van der Waals surface area contributed by atoms with E-state index in [1.165, 1.54) is 23.0 Å². The monoisotopic (exact) mass is 474 g/mol. The molecule has 0 aliphatic heterocycles. The lowest BCUT2D eigenvalue weighted by Crippen LogP contribution is -2.49. The van der Waals surface area contributed by atoms with Crippen molar-refractivity contribution in [3.05, 3.63) is 64.6 Å². The highest BCUT2D eigenvalue weighted by Gasteiger charge is 2.43. The summed E-state index contributed by atoms with van der Waals surface area (Å²) in [6, 6.07) is 11.1. The Morgan fingerprint density at radius 3 is 2.42 bits per heavy atom. The summed E-state index contributed by atoms with van der Waals surface area (Å²) >= 11 is 0. The van der Waals surface area contributed by atoms with E-state index in [0.29, 0.717) is 11.8 Å². The molecule has 0 saturated heterocycles. The number of aryl methyl sites for hydroxylation is 1. The Kier molecular flexibility index (Phi) is 7.56. The van der Waals surface area contributed by atoms with Gasteiger partial charge in [0.2, 0.25) is 0 Å². The number of nitrogens with zero attached hydrogens (tertiary/aromatic N) is 1. The molecule has 1 fully saturated rings. The van der Waals surface area contributed by atoms with Gasteiger partial charge in [-0.15, -0.1) is 0 Å². The SMILES string of the molecule is CC(CCn1ccc(-c2ccc(/C=C/C3CC(CO)C3)cc2)cc1=O)(C(=O)NO)S(C)(=O)=O. The first kappa shape index (κ1) is 24.9. The second kappa shape index (κ2) is 10.0. The number of pyridine rings is 1. The summed E-state index contributed by atoms with van der Waals surface area (Å²) in [5, 5.41) is 18.0. The first-order valence-electron chi connectivity index (χ1n) is 10.8. The number of rotatable bonds is 9. The molecule has 1 atom stereocenters. The van der Waals surface area contributed by atoms with Crippen molar-refractivity contribution in [2.24, 2.45) is 11.8 Å². The number of sulfone groups is 1. The van der Waals surface area contributed by atoms with Crippen molar-refractivity contribution in [2.75, 3.05) is 12.9 Å². The van der Waals surface area contributed by atoms with Gasteiger partial charge >= 0.3 is 0 Å². The molecule has 0 bridgehead atoms. The summed E-state index contributed by atoms with van der Waals surface area (Å²) in [6.45, 7) is 1.48. The van der Waals surface area contributed by atoms with E-state index >= 15 is 0 Å². The van der Waals surface area contributed by atoms with Gasteiger partial charge in [0.15, 0.2) is 14.6 Å². The van der Waals surface area contributed by atoms with Crippen LogP contribution in [0.4, 0.5) is 0 Å². The third-order valence-corrected chi connectivity index (χ3v) is 8.59. The van der Waals surface area contributed by atoms with Crippen molar-refractivity contribution in [2.45, 2.75) is 37.5 Å². The Hall–Kier alpha value is -2.75. The highest BCUT2D eigenvalue weighted by Crippen LogP contribution is 2.34. The molecule has 8 nitrogen and oxygen atoms in total. The van der Waals surface area contributed by atoms with Crippen LogP contribution >= 0.6 is 0 Å². The number of hydrogen-bond acceptors (Lipinski definition) is 6. The van der Waals surface area contributed by atoms with Gasteiger partial charge in [0.1, 0.15) is 0 Å². The molecule has 1 aliphatic carbocycles. The number of hydrogen-bond donors (Lipinski definition) is 3. The average Bonchev–Trinajstić information content (AvgIpc) is 2.76. The number of allylic oxidation sites excluding steroid dienone is 1. The molecule has 178 valence electrons. The van der Waals surface area contributed by atoms with Crippen molar-refractivity contribution in [1.29, 1.82) is 0 Å². The van der Waals surface area contributed by atoms with Crippen LogP contribution in [0, 0.1) is 11.8 Å². The molecule has 0 spiro atoms. The maximum absolute atomic E-state index is 12.6. The molecular weight excluding hydrogens is 444 g/mol. The van der Waals surface area contributed by atoms with Crippen LogP contribution in [0.25, 0.3) is 17.2 Å². The molecule has 1 aromatic carbocycles. The Bertz CT molecular complexity index is 1180. The number of amides is 1. The number of aliphatic hydroxyl groups is 1. The second-order valence-corrected chi connectivity index (χ2v) is 11.3. The van der Waals surface area contributed by atoms with Crippen molar-refractivity contribution in [3.63, 3.8) is 0 Å². The van der Waals surface area contributed by atoms with Crippen molar-refractivity contribution in [3.8, 4) is 11.1 Å². The molecule has 3 rings (SSSR count). The Morgan fingerprint density at radius 2 is 1.88 bits per heavy atom. The lowest BCUT2D eigenvalue weighted by molar-refractivity contribution is -0.131. The molecular formula is C24H30N2O6S. The van der Waals surface area contributed by atoms with Gasteiger partial charge in [0, 0.05) is 31.7 Å². The highest BCUT2D eigenvalue weighted by molar-refractivity contribution is 7.92. The first-order valence-corrected chi connectivity index (χ1v) is 12.7. The molecule has 9 heteroatoms. The predicted molar refractivity (Wildman–Crippen MR) is 126 cm³/mol. The summed E-state index contributed by atoms with van der Waals surface area (Å²) < 4.78 is 23.7. The third-order valence-electron chi connectivity index (χ3n) is 6.56. The Morgan fingerprint density at radius 1 is 1.21 bits per heavy atom. The number of nitrogens with one attached hydrogen (secondary N) is 1. The van der Waals surface area contributed by atoms with Crippen LogP contribution in [0.1, 0.15) is 31.7 Å². The normalized spacial score (nSPS) is 20.2. The summed E-state index contributed by atoms with van der Waals surface area (Å²) in [5.41, 5.74) is 3.75. The van der Waals surface area contributed by atoms with E-state index in [1.54, 1.807) is 12.3 Å². The topological polar surface area (TPSA) is 126 Å². The minimum atomic E-state index is -3.83. The van der Waals surface area contributed by atoms with Gasteiger partial charge in [-0.2, -0.15) is 0 Å². The molecule has 1 aliphatic rings. The summed E-state index contributed by atoms with van der Waals surface area (Å²) in [7, 11) is -3.83. The van der Waals surface area contributed by atoms with Crippen molar-refractivity contribution < 1.29 is 23.5 Å². The second-order valence-electron chi connectivity index (χ2n) is 8.90. The minimum absolute atomic E-state index is 0.00184. The van der Waals surface area contributed by atoms with Gasteiger partial charge < -0.3 is 9.67 Å². The highest BCUT2D eigenvalue weighted by atomic mass is 32.2. The van der Waals surface area contributed by atoms with Gasteiger partial charge in [-0.05, 0) is 60.8 Å². The predicted octanol–water partition coefficient (Wildman–Crippen LogP) is 2.25. The van der Waals surface area contributed by atoms with E-state index in [4.69, 9.17) is 10.3 Å². The minimum Gasteiger partial charge on any atom is -0.396 e. The quantitative estimate of drug-likeness (QED) is 0.378. The van der Waals surface area contributed by atoms with E-state index < -0.39 is 20.5 Å². The molecule has 1 heterocycles. The lowest BCUT2D eigenvalue weighted by atomic mass is 9.75. The van der Waals surface area contributed by atoms with Crippen molar-refractivity contribution in [1.82, 2.24) is 10.0 Å².